The van der Waals surface area contributed by atoms with Gasteiger partial charge >= 0.3 is 0 Å². The summed E-state index contributed by atoms with van der Waals surface area (Å²) in [5.74, 6) is -1.26. The number of nitrogens with zero attached hydrogens (tertiary/aromatic N) is 1. The van der Waals surface area contributed by atoms with E-state index in [4.69, 9.17) is 16.0 Å². The summed E-state index contributed by atoms with van der Waals surface area (Å²) in [6.07, 6.45) is 2.58. The molecular weight excluding hydrogens is 466 g/mol. The standard InChI is InChI=1S/C23H22ClN3O5S/c24-16-8-10-17(11-9-16)25-22(28)18-6-2-3-7-19(18)26-23(29)20-12-13-21(32-20)33(30,31)27-14-4-1-5-15-27/h2-3,6-13H,1,4-5,14-15H2,(H,25,28)(H,26,29). The lowest BCUT2D eigenvalue weighted by atomic mass is 10.1. The lowest BCUT2D eigenvalue weighted by Crippen LogP contribution is -2.35. The summed E-state index contributed by atoms with van der Waals surface area (Å²) in [5, 5.41) is 5.63. The Morgan fingerprint density at radius 3 is 2.27 bits per heavy atom. The fourth-order valence-electron chi connectivity index (χ4n) is 3.52. The van der Waals surface area contributed by atoms with Crippen LogP contribution in [-0.2, 0) is 10.0 Å². The average molecular weight is 488 g/mol. The maximum absolute atomic E-state index is 12.8. The van der Waals surface area contributed by atoms with E-state index < -0.39 is 21.8 Å². The summed E-state index contributed by atoms with van der Waals surface area (Å²) in [6, 6.07) is 15.7. The van der Waals surface area contributed by atoms with Crippen molar-refractivity contribution < 1.29 is 22.4 Å². The number of halogens is 1. The molecule has 1 aromatic heterocycles. The van der Waals surface area contributed by atoms with Crippen LogP contribution in [0.5, 0.6) is 0 Å². The van der Waals surface area contributed by atoms with E-state index >= 15 is 0 Å². The number of carbonyl (C=O) groups excluding carboxylic acids is 2. The highest BCUT2D eigenvalue weighted by Crippen LogP contribution is 2.24. The highest BCUT2D eigenvalue weighted by molar-refractivity contribution is 7.89. The number of sulfonamides is 1. The largest absolute Gasteiger partial charge is 0.438 e. The molecule has 4 rings (SSSR count). The highest BCUT2D eigenvalue weighted by Gasteiger charge is 2.29. The van der Waals surface area contributed by atoms with Crippen LogP contribution in [0.3, 0.4) is 0 Å². The molecule has 172 valence electrons. The molecule has 0 aliphatic carbocycles. The zero-order valence-corrected chi connectivity index (χ0v) is 19.2. The minimum Gasteiger partial charge on any atom is -0.438 e. The second kappa shape index (κ2) is 9.78. The van der Waals surface area contributed by atoms with E-state index in [1.807, 2.05) is 0 Å². The Balaban J connectivity index is 1.49. The smallest absolute Gasteiger partial charge is 0.291 e. The normalized spacial score (nSPS) is 14.6. The molecule has 1 saturated heterocycles. The summed E-state index contributed by atoms with van der Waals surface area (Å²) >= 11 is 5.87. The van der Waals surface area contributed by atoms with Gasteiger partial charge in [-0.1, -0.05) is 30.2 Å². The van der Waals surface area contributed by atoms with Crippen molar-refractivity contribution in [2.45, 2.75) is 24.4 Å². The number of nitrogens with one attached hydrogen (secondary N) is 2. The minimum atomic E-state index is -3.79. The van der Waals surface area contributed by atoms with Crippen molar-refractivity contribution in [1.82, 2.24) is 4.31 Å². The summed E-state index contributed by atoms with van der Waals surface area (Å²) in [4.78, 5) is 25.5. The lowest BCUT2D eigenvalue weighted by molar-refractivity contribution is 0.0991. The third-order valence-corrected chi connectivity index (χ3v) is 7.26. The van der Waals surface area contributed by atoms with Gasteiger partial charge < -0.3 is 15.1 Å². The second-order valence-electron chi connectivity index (χ2n) is 7.54. The zero-order chi connectivity index (χ0) is 23.4. The van der Waals surface area contributed by atoms with Crippen LogP contribution >= 0.6 is 11.6 Å². The van der Waals surface area contributed by atoms with E-state index in [-0.39, 0.29) is 22.1 Å². The van der Waals surface area contributed by atoms with Crippen LogP contribution in [-0.4, -0.2) is 37.6 Å². The number of hydrogen-bond acceptors (Lipinski definition) is 5. The molecule has 0 radical (unpaired) electrons. The molecule has 0 spiro atoms. The first kappa shape index (κ1) is 23.0. The van der Waals surface area contributed by atoms with Gasteiger partial charge in [0.25, 0.3) is 21.8 Å². The van der Waals surface area contributed by atoms with E-state index in [1.54, 1.807) is 48.5 Å². The van der Waals surface area contributed by atoms with Crippen LogP contribution in [0.4, 0.5) is 11.4 Å². The SMILES string of the molecule is O=C(Nc1ccccc1C(=O)Nc1ccc(Cl)cc1)c1ccc(S(=O)(=O)N2CCCCC2)o1. The number of para-hydroxylation sites is 1. The number of rotatable bonds is 6. The molecule has 3 aromatic rings. The number of amides is 2. The number of furan rings is 1. The fourth-order valence-corrected chi connectivity index (χ4v) is 5.07. The van der Waals surface area contributed by atoms with Gasteiger partial charge in [-0.2, -0.15) is 4.31 Å². The molecule has 2 heterocycles. The topological polar surface area (TPSA) is 109 Å². The predicted molar refractivity (Wildman–Crippen MR) is 125 cm³/mol. The molecule has 10 heteroatoms. The highest BCUT2D eigenvalue weighted by atomic mass is 35.5. The van der Waals surface area contributed by atoms with Gasteiger partial charge in [0.1, 0.15) is 0 Å². The lowest BCUT2D eigenvalue weighted by Gasteiger charge is -2.24. The Labute approximate surface area is 196 Å². The van der Waals surface area contributed by atoms with Crippen LogP contribution in [0.1, 0.15) is 40.2 Å². The summed E-state index contributed by atoms with van der Waals surface area (Å²) in [7, 11) is -3.79. The third kappa shape index (κ3) is 5.27. The van der Waals surface area contributed by atoms with Crippen molar-refractivity contribution in [1.29, 1.82) is 0 Å². The van der Waals surface area contributed by atoms with Gasteiger partial charge in [-0.25, -0.2) is 8.42 Å². The molecule has 0 unspecified atom stereocenters. The molecule has 1 fully saturated rings. The number of benzene rings is 2. The quantitative estimate of drug-likeness (QED) is 0.527. The van der Waals surface area contributed by atoms with Crippen molar-refractivity contribution in [3.05, 3.63) is 77.0 Å². The predicted octanol–water partition coefficient (Wildman–Crippen LogP) is 4.61. The fraction of sp³-hybridized carbons (Fsp3) is 0.217. The van der Waals surface area contributed by atoms with Crippen LogP contribution in [0.15, 0.2) is 70.2 Å². The summed E-state index contributed by atoms with van der Waals surface area (Å²) < 4.78 is 32.3. The molecule has 0 atom stereocenters. The van der Waals surface area contributed by atoms with E-state index in [9.17, 15) is 18.0 Å². The molecule has 2 amide bonds. The number of piperidine rings is 1. The number of hydrogen-bond donors (Lipinski definition) is 2. The van der Waals surface area contributed by atoms with Crippen molar-refractivity contribution >= 4 is 44.8 Å². The van der Waals surface area contributed by atoms with Gasteiger partial charge in [0.15, 0.2) is 5.76 Å². The summed E-state index contributed by atoms with van der Waals surface area (Å²) in [5.41, 5.74) is 1.03. The van der Waals surface area contributed by atoms with E-state index in [0.29, 0.717) is 23.8 Å². The second-order valence-corrected chi connectivity index (χ2v) is 9.85. The molecule has 1 aliphatic rings. The molecule has 8 nitrogen and oxygen atoms in total. The summed E-state index contributed by atoms with van der Waals surface area (Å²) in [6.45, 7) is 0.862. The Bertz CT molecular complexity index is 1270. The molecule has 1 aliphatic heterocycles. The Morgan fingerprint density at radius 1 is 0.848 bits per heavy atom. The average Bonchev–Trinajstić information content (AvgIpc) is 3.33. The maximum Gasteiger partial charge on any atom is 0.291 e. The molecule has 2 N–H and O–H groups in total. The maximum atomic E-state index is 12.8. The number of carbonyl (C=O) groups is 2. The van der Waals surface area contributed by atoms with Gasteiger partial charge in [0, 0.05) is 23.8 Å². The minimum absolute atomic E-state index is 0.168. The number of anilines is 2. The Kier molecular flexibility index (Phi) is 6.83. The molecule has 2 aromatic carbocycles. The van der Waals surface area contributed by atoms with Gasteiger partial charge in [0.05, 0.1) is 11.3 Å². The van der Waals surface area contributed by atoms with Gasteiger partial charge in [-0.3, -0.25) is 9.59 Å². The van der Waals surface area contributed by atoms with Crippen LogP contribution in [0.25, 0.3) is 0 Å². The van der Waals surface area contributed by atoms with Crippen LogP contribution < -0.4 is 10.6 Å². The molecule has 0 bridgehead atoms. The van der Waals surface area contributed by atoms with Gasteiger partial charge in [-0.15, -0.1) is 0 Å². The molecule has 0 saturated carbocycles. The first-order valence-corrected chi connectivity index (χ1v) is 12.2. The third-order valence-electron chi connectivity index (χ3n) is 5.24. The van der Waals surface area contributed by atoms with Gasteiger partial charge in [0.2, 0.25) is 5.09 Å². The van der Waals surface area contributed by atoms with Crippen molar-refractivity contribution in [3.63, 3.8) is 0 Å². The Morgan fingerprint density at radius 2 is 1.55 bits per heavy atom. The molecule has 33 heavy (non-hydrogen) atoms. The van der Waals surface area contributed by atoms with Crippen molar-refractivity contribution in [2.75, 3.05) is 23.7 Å². The molecular formula is C23H22ClN3O5S. The Hall–Kier alpha value is -3.14. The van der Waals surface area contributed by atoms with E-state index in [1.165, 1.54) is 16.4 Å². The monoisotopic (exact) mass is 487 g/mol. The van der Waals surface area contributed by atoms with E-state index in [0.717, 1.165) is 19.3 Å². The van der Waals surface area contributed by atoms with Gasteiger partial charge in [-0.05, 0) is 61.4 Å². The van der Waals surface area contributed by atoms with Crippen LogP contribution in [0, 0.1) is 0 Å². The van der Waals surface area contributed by atoms with E-state index in [2.05, 4.69) is 10.6 Å². The zero-order valence-electron chi connectivity index (χ0n) is 17.6. The first-order valence-electron chi connectivity index (χ1n) is 10.4. The first-order chi connectivity index (χ1) is 15.8. The van der Waals surface area contributed by atoms with Crippen molar-refractivity contribution in [2.24, 2.45) is 0 Å². The van der Waals surface area contributed by atoms with Crippen LogP contribution in [0.2, 0.25) is 5.02 Å². The van der Waals surface area contributed by atoms with Crippen molar-refractivity contribution in [3.8, 4) is 0 Å².